The monoisotopic (exact) mass is 279 g/mol. The average Bonchev–Trinajstić information content (AvgIpc) is 2.95. The summed E-state index contributed by atoms with van der Waals surface area (Å²) >= 11 is 0. The zero-order chi connectivity index (χ0) is 14.5. The number of amides is 2. The lowest BCUT2D eigenvalue weighted by atomic mass is 10.4. The van der Waals surface area contributed by atoms with E-state index in [1.807, 2.05) is 0 Å². The first-order valence-electron chi connectivity index (χ1n) is 5.74. The second-order valence-corrected chi connectivity index (χ2v) is 4.06. The van der Waals surface area contributed by atoms with Gasteiger partial charge >= 0.3 is 12.0 Å². The third-order valence-corrected chi connectivity index (χ3v) is 2.30. The zero-order valence-corrected chi connectivity index (χ0v) is 10.7. The maximum absolute atomic E-state index is 11.6. The Balaban J connectivity index is 1.82. The normalized spacial score (nSPS) is 10.2. The number of nitrogens with zero attached hydrogens (tertiary/aromatic N) is 3. The lowest BCUT2D eigenvalue weighted by Gasteiger charge is -2.03. The summed E-state index contributed by atoms with van der Waals surface area (Å²) in [7, 11) is 0. The van der Waals surface area contributed by atoms with Crippen LogP contribution in [0.25, 0.3) is 0 Å². The van der Waals surface area contributed by atoms with Crippen LogP contribution in [-0.4, -0.2) is 32.0 Å². The fourth-order valence-corrected chi connectivity index (χ4v) is 1.50. The zero-order valence-electron chi connectivity index (χ0n) is 10.7. The molecule has 0 bridgehead atoms. The third kappa shape index (κ3) is 3.83. The Morgan fingerprint density at radius 3 is 2.95 bits per heavy atom. The van der Waals surface area contributed by atoms with Crippen molar-refractivity contribution in [1.29, 1.82) is 0 Å². The fraction of sp³-hybridized carbons (Fsp3) is 0.273. The molecule has 0 fully saturated rings. The molecular formula is C11H13N5O4. The van der Waals surface area contributed by atoms with Gasteiger partial charge in [0, 0.05) is 12.3 Å². The summed E-state index contributed by atoms with van der Waals surface area (Å²) in [6.45, 7) is 1.72. The first-order valence-corrected chi connectivity index (χ1v) is 5.74. The number of nitrogens with one attached hydrogen (secondary N) is 2. The number of aromatic nitrogens is 3. The SMILES string of the molecule is Cc1cc(CNC(=O)Nc2cnn(CC(=O)O)c2)no1. The highest BCUT2D eigenvalue weighted by Gasteiger charge is 2.07. The molecule has 20 heavy (non-hydrogen) atoms. The van der Waals surface area contributed by atoms with Gasteiger partial charge in [-0.15, -0.1) is 0 Å². The van der Waals surface area contributed by atoms with Crippen LogP contribution >= 0.6 is 0 Å². The maximum atomic E-state index is 11.6. The summed E-state index contributed by atoms with van der Waals surface area (Å²) in [6, 6.07) is 1.27. The van der Waals surface area contributed by atoms with E-state index < -0.39 is 12.0 Å². The molecule has 2 heterocycles. The van der Waals surface area contributed by atoms with Gasteiger partial charge in [-0.1, -0.05) is 5.16 Å². The molecule has 0 radical (unpaired) electrons. The molecule has 2 amide bonds. The molecule has 3 N–H and O–H groups in total. The van der Waals surface area contributed by atoms with Gasteiger partial charge in [0.2, 0.25) is 0 Å². The van der Waals surface area contributed by atoms with Crippen LogP contribution in [-0.2, 0) is 17.9 Å². The summed E-state index contributed by atoms with van der Waals surface area (Å²) < 4.78 is 6.07. The summed E-state index contributed by atoms with van der Waals surface area (Å²) in [5.74, 6) is -0.345. The Hall–Kier alpha value is -2.84. The summed E-state index contributed by atoms with van der Waals surface area (Å²) in [5.41, 5.74) is 1.01. The van der Waals surface area contributed by atoms with Crippen LogP contribution in [0.15, 0.2) is 23.0 Å². The van der Waals surface area contributed by atoms with Crippen molar-refractivity contribution >= 4 is 17.7 Å². The second kappa shape index (κ2) is 5.87. The largest absolute Gasteiger partial charge is 0.480 e. The van der Waals surface area contributed by atoms with Crippen molar-refractivity contribution in [3.05, 3.63) is 29.9 Å². The molecule has 0 spiro atoms. The number of aliphatic carboxylic acids is 1. The van der Waals surface area contributed by atoms with Gasteiger partial charge in [-0.05, 0) is 6.92 Å². The van der Waals surface area contributed by atoms with Gasteiger partial charge in [0.1, 0.15) is 18.0 Å². The lowest BCUT2D eigenvalue weighted by Crippen LogP contribution is -2.28. The van der Waals surface area contributed by atoms with E-state index in [-0.39, 0.29) is 13.1 Å². The van der Waals surface area contributed by atoms with E-state index >= 15 is 0 Å². The number of carbonyl (C=O) groups is 2. The predicted molar refractivity (Wildman–Crippen MR) is 67.0 cm³/mol. The van der Waals surface area contributed by atoms with Gasteiger partial charge < -0.3 is 20.3 Å². The molecule has 2 rings (SSSR count). The topological polar surface area (TPSA) is 122 Å². The number of hydrogen-bond acceptors (Lipinski definition) is 5. The van der Waals surface area contributed by atoms with Crippen LogP contribution in [0.4, 0.5) is 10.5 Å². The number of hydrogen-bond donors (Lipinski definition) is 3. The molecule has 0 aliphatic carbocycles. The highest BCUT2D eigenvalue weighted by molar-refractivity contribution is 5.88. The van der Waals surface area contributed by atoms with Crippen molar-refractivity contribution in [2.24, 2.45) is 0 Å². The molecule has 0 aromatic carbocycles. The smallest absolute Gasteiger partial charge is 0.325 e. The van der Waals surface area contributed by atoms with Crippen molar-refractivity contribution in [3.8, 4) is 0 Å². The molecule has 0 atom stereocenters. The van der Waals surface area contributed by atoms with Crippen LogP contribution in [0.2, 0.25) is 0 Å². The van der Waals surface area contributed by atoms with Gasteiger partial charge in [-0.3, -0.25) is 9.48 Å². The van der Waals surface area contributed by atoms with Crippen molar-refractivity contribution in [2.45, 2.75) is 20.0 Å². The maximum Gasteiger partial charge on any atom is 0.325 e. The number of carbonyl (C=O) groups excluding carboxylic acids is 1. The Morgan fingerprint density at radius 2 is 2.30 bits per heavy atom. The molecule has 106 valence electrons. The molecule has 0 saturated heterocycles. The van der Waals surface area contributed by atoms with Crippen LogP contribution in [0, 0.1) is 6.92 Å². The van der Waals surface area contributed by atoms with Crippen molar-refractivity contribution < 1.29 is 19.2 Å². The van der Waals surface area contributed by atoms with Crippen molar-refractivity contribution in [3.63, 3.8) is 0 Å². The second-order valence-electron chi connectivity index (χ2n) is 4.06. The Kier molecular flexibility index (Phi) is 3.99. The minimum absolute atomic E-state index is 0.229. The number of rotatable bonds is 5. The van der Waals surface area contributed by atoms with E-state index in [0.717, 1.165) is 0 Å². The highest BCUT2D eigenvalue weighted by atomic mass is 16.5. The number of aryl methyl sites for hydroxylation is 1. The Labute approximate surface area is 113 Å². The third-order valence-electron chi connectivity index (χ3n) is 2.30. The quantitative estimate of drug-likeness (QED) is 0.736. The Morgan fingerprint density at radius 1 is 1.50 bits per heavy atom. The first kappa shape index (κ1) is 13.6. The minimum Gasteiger partial charge on any atom is -0.480 e. The molecule has 9 heteroatoms. The average molecular weight is 279 g/mol. The van der Waals surface area contributed by atoms with Gasteiger partial charge in [0.15, 0.2) is 0 Å². The van der Waals surface area contributed by atoms with Crippen molar-refractivity contribution in [1.82, 2.24) is 20.3 Å². The van der Waals surface area contributed by atoms with Crippen molar-refractivity contribution in [2.75, 3.05) is 5.32 Å². The van der Waals surface area contributed by atoms with Crippen LogP contribution in [0.3, 0.4) is 0 Å². The van der Waals surface area contributed by atoms with E-state index in [4.69, 9.17) is 9.63 Å². The van der Waals surface area contributed by atoms with E-state index in [1.54, 1.807) is 13.0 Å². The number of urea groups is 1. The van der Waals surface area contributed by atoms with Crippen LogP contribution in [0.1, 0.15) is 11.5 Å². The summed E-state index contributed by atoms with van der Waals surface area (Å²) in [5, 5.41) is 21.2. The van der Waals surface area contributed by atoms with Crippen LogP contribution in [0.5, 0.6) is 0 Å². The lowest BCUT2D eigenvalue weighted by molar-refractivity contribution is -0.137. The highest BCUT2D eigenvalue weighted by Crippen LogP contribution is 2.05. The molecule has 0 aliphatic rings. The van der Waals surface area contributed by atoms with Gasteiger partial charge in [-0.25, -0.2) is 4.79 Å². The first-order chi connectivity index (χ1) is 9.52. The van der Waals surface area contributed by atoms with Crippen LogP contribution < -0.4 is 10.6 Å². The molecule has 0 unspecified atom stereocenters. The summed E-state index contributed by atoms with van der Waals surface area (Å²) in [4.78, 5) is 22.1. The molecule has 2 aromatic heterocycles. The number of carboxylic acids is 1. The van der Waals surface area contributed by atoms with Gasteiger partial charge in [0.05, 0.1) is 18.4 Å². The molecule has 0 saturated carbocycles. The van der Waals surface area contributed by atoms with E-state index in [9.17, 15) is 9.59 Å². The standard InChI is InChI=1S/C11H13N5O4/c1-7-2-8(15-20-7)3-12-11(19)14-9-4-13-16(5-9)6-10(17)18/h2,4-5H,3,6H2,1H3,(H,17,18)(H2,12,14,19). The summed E-state index contributed by atoms with van der Waals surface area (Å²) in [6.07, 6.45) is 2.79. The molecule has 0 aliphatic heterocycles. The van der Waals surface area contributed by atoms with Gasteiger partial charge in [-0.2, -0.15) is 5.10 Å². The minimum atomic E-state index is -1.01. The van der Waals surface area contributed by atoms with E-state index in [0.29, 0.717) is 17.1 Å². The van der Waals surface area contributed by atoms with E-state index in [1.165, 1.54) is 17.1 Å². The fourth-order valence-electron chi connectivity index (χ4n) is 1.50. The van der Waals surface area contributed by atoms with Gasteiger partial charge in [0.25, 0.3) is 0 Å². The molecule has 9 nitrogen and oxygen atoms in total. The van der Waals surface area contributed by atoms with E-state index in [2.05, 4.69) is 20.9 Å². The predicted octanol–water partition coefficient (Wildman–Crippen LogP) is 0.586. The molecular weight excluding hydrogens is 266 g/mol. The number of carboxylic acid groups (broad SMARTS) is 1. The Bertz CT molecular complexity index is 618. The molecule has 2 aromatic rings. The number of anilines is 1.